The molecule has 2 rings (SSSR count). The maximum absolute atomic E-state index is 12.4. The first-order valence-corrected chi connectivity index (χ1v) is 8.18. The number of hydrogen-bond donors (Lipinski definition) is 2. The molecule has 5 heteroatoms. The van der Waals surface area contributed by atoms with Crippen LogP contribution in [0.25, 0.3) is 0 Å². The van der Waals surface area contributed by atoms with Crippen LogP contribution in [-0.4, -0.2) is 48.9 Å². The number of rotatable bonds is 2. The Morgan fingerprint density at radius 3 is 2.57 bits per heavy atom. The molecular formula is C16H29N3O2. The summed E-state index contributed by atoms with van der Waals surface area (Å²) in [6, 6.07) is 0.250. The second-order valence-electron chi connectivity index (χ2n) is 7.39. The van der Waals surface area contributed by atoms with E-state index < -0.39 is 0 Å². The summed E-state index contributed by atoms with van der Waals surface area (Å²) < 4.78 is 0. The van der Waals surface area contributed by atoms with Crippen LogP contribution in [0.1, 0.15) is 46.5 Å². The van der Waals surface area contributed by atoms with E-state index in [4.69, 9.17) is 0 Å². The van der Waals surface area contributed by atoms with Gasteiger partial charge in [-0.1, -0.05) is 20.8 Å². The lowest BCUT2D eigenvalue weighted by atomic mass is 9.90. The average Bonchev–Trinajstić information content (AvgIpc) is 2.46. The Morgan fingerprint density at radius 1 is 1.19 bits per heavy atom. The van der Waals surface area contributed by atoms with Crippen molar-refractivity contribution < 1.29 is 9.59 Å². The van der Waals surface area contributed by atoms with Gasteiger partial charge in [-0.25, -0.2) is 0 Å². The molecule has 2 aliphatic rings. The fraction of sp³-hybridized carbons (Fsp3) is 0.875. The summed E-state index contributed by atoms with van der Waals surface area (Å²) in [4.78, 5) is 26.6. The highest BCUT2D eigenvalue weighted by molar-refractivity contribution is 5.84. The van der Waals surface area contributed by atoms with Crippen LogP contribution in [0.15, 0.2) is 0 Å². The standard InChI is InChI=1S/C16H29N3O2/c1-16(2,3)15(21)19-9-5-6-12(11-19)14(20)18-13-7-4-8-17-10-13/h12-13,17H,4-11H2,1-3H3,(H,18,20)/t12?,13-/m0/s1. The van der Waals surface area contributed by atoms with Gasteiger partial charge < -0.3 is 15.5 Å². The topological polar surface area (TPSA) is 61.4 Å². The fourth-order valence-corrected chi connectivity index (χ4v) is 3.14. The van der Waals surface area contributed by atoms with E-state index in [1.54, 1.807) is 0 Å². The SMILES string of the molecule is CC(C)(C)C(=O)N1CCCC(C(=O)N[C@H]2CCCNC2)C1. The van der Waals surface area contributed by atoms with Gasteiger partial charge in [0.25, 0.3) is 0 Å². The minimum Gasteiger partial charge on any atom is -0.352 e. The number of likely N-dealkylation sites (tertiary alicyclic amines) is 1. The van der Waals surface area contributed by atoms with Crippen LogP contribution in [0.5, 0.6) is 0 Å². The van der Waals surface area contributed by atoms with Gasteiger partial charge in [-0.2, -0.15) is 0 Å². The summed E-state index contributed by atoms with van der Waals surface area (Å²) in [5, 5.41) is 6.46. The molecule has 2 amide bonds. The maximum Gasteiger partial charge on any atom is 0.227 e. The van der Waals surface area contributed by atoms with E-state index in [9.17, 15) is 9.59 Å². The lowest BCUT2D eigenvalue weighted by Gasteiger charge is -2.36. The number of carbonyl (C=O) groups excluding carboxylic acids is 2. The highest BCUT2D eigenvalue weighted by Crippen LogP contribution is 2.23. The van der Waals surface area contributed by atoms with Crippen molar-refractivity contribution in [1.82, 2.24) is 15.5 Å². The molecule has 5 nitrogen and oxygen atoms in total. The number of carbonyl (C=O) groups is 2. The summed E-state index contributed by atoms with van der Waals surface area (Å²) in [6.45, 7) is 9.08. The summed E-state index contributed by atoms with van der Waals surface area (Å²) in [5.41, 5.74) is -0.369. The van der Waals surface area contributed by atoms with E-state index in [0.717, 1.165) is 45.3 Å². The van der Waals surface area contributed by atoms with Gasteiger partial charge in [-0.15, -0.1) is 0 Å². The molecule has 1 unspecified atom stereocenters. The number of nitrogens with one attached hydrogen (secondary N) is 2. The highest BCUT2D eigenvalue weighted by Gasteiger charge is 2.33. The van der Waals surface area contributed by atoms with Gasteiger partial charge in [-0.3, -0.25) is 9.59 Å². The number of piperidine rings is 2. The van der Waals surface area contributed by atoms with Gasteiger partial charge in [0.05, 0.1) is 5.92 Å². The third-order valence-corrected chi connectivity index (χ3v) is 4.36. The molecule has 0 aromatic carbocycles. The summed E-state index contributed by atoms with van der Waals surface area (Å²) in [6.07, 6.45) is 3.98. The average molecular weight is 295 g/mol. The first-order chi connectivity index (χ1) is 9.88. The van der Waals surface area contributed by atoms with E-state index >= 15 is 0 Å². The first-order valence-electron chi connectivity index (χ1n) is 8.18. The molecule has 0 aromatic rings. The monoisotopic (exact) mass is 295 g/mol. The zero-order chi connectivity index (χ0) is 15.5. The van der Waals surface area contributed by atoms with Crippen molar-refractivity contribution >= 4 is 11.8 Å². The van der Waals surface area contributed by atoms with Gasteiger partial charge >= 0.3 is 0 Å². The Bertz CT molecular complexity index is 383. The molecule has 2 N–H and O–H groups in total. The van der Waals surface area contributed by atoms with Crippen LogP contribution in [0.4, 0.5) is 0 Å². The van der Waals surface area contributed by atoms with Gasteiger partial charge in [-0.05, 0) is 32.2 Å². The quantitative estimate of drug-likeness (QED) is 0.803. The molecule has 0 radical (unpaired) electrons. The highest BCUT2D eigenvalue weighted by atomic mass is 16.2. The Balaban J connectivity index is 1.88. The third kappa shape index (κ3) is 4.43. The molecule has 0 saturated carbocycles. The molecule has 0 aromatic heterocycles. The van der Waals surface area contributed by atoms with E-state index in [0.29, 0.717) is 6.54 Å². The second kappa shape index (κ2) is 6.77. The molecule has 0 aliphatic carbocycles. The van der Waals surface area contributed by atoms with Gasteiger partial charge in [0.15, 0.2) is 0 Å². The van der Waals surface area contributed by atoms with Crippen LogP contribution < -0.4 is 10.6 Å². The Morgan fingerprint density at radius 2 is 1.95 bits per heavy atom. The van der Waals surface area contributed by atoms with Crippen molar-refractivity contribution in [2.45, 2.75) is 52.5 Å². The molecule has 2 heterocycles. The lowest BCUT2D eigenvalue weighted by Crippen LogP contribution is -2.52. The second-order valence-corrected chi connectivity index (χ2v) is 7.39. The van der Waals surface area contributed by atoms with E-state index in [1.807, 2.05) is 25.7 Å². The number of nitrogens with zero attached hydrogens (tertiary/aromatic N) is 1. The molecule has 2 aliphatic heterocycles. The van der Waals surface area contributed by atoms with Crippen molar-refractivity contribution in [2.75, 3.05) is 26.2 Å². The molecule has 2 saturated heterocycles. The maximum atomic E-state index is 12.4. The van der Waals surface area contributed by atoms with Crippen molar-refractivity contribution in [3.8, 4) is 0 Å². The van der Waals surface area contributed by atoms with Crippen LogP contribution in [0, 0.1) is 11.3 Å². The van der Waals surface area contributed by atoms with Gasteiger partial charge in [0.1, 0.15) is 0 Å². The Kier molecular flexibility index (Phi) is 5.25. The van der Waals surface area contributed by atoms with Crippen molar-refractivity contribution in [1.29, 1.82) is 0 Å². The summed E-state index contributed by atoms with van der Waals surface area (Å²) in [7, 11) is 0. The fourth-order valence-electron chi connectivity index (χ4n) is 3.14. The molecule has 120 valence electrons. The number of amides is 2. The Hall–Kier alpha value is -1.10. The van der Waals surface area contributed by atoms with Crippen molar-refractivity contribution in [3.05, 3.63) is 0 Å². The van der Waals surface area contributed by atoms with Gasteiger partial charge in [0.2, 0.25) is 11.8 Å². The number of hydrogen-bond acceptors (Lipinski definition) is 3. The van der Waals surface area contributed by atoms with Gasteiger partial charge in [0, 0.05) is 31.1 Å². The normalized spacial score (nSPS) is 27.3. The minimum atomic E-state index is -0.369. The van der Waals surface area contributed by atoms with E-state index in [1.165, 1.54) is 0 Å². The first kappa shape index (κ1) is 16.3. The smallest absolute Gasteiger partial charge is 0.227 e. The molecular weight excluding hydrogens is 266 g/mol. The zero-order valence-corrected chi connectivity index (χ0v) is 13.6. The lowest BCUT2D eigenvalue weighted by molar-refractivity contribution is -0.142. The van der Waals surface area contributed by atoms with E-state index in [-0.39, 0.29) is 29.2 Å². The molecule has 21 heavy (non-hydrogen) atoms. The van der Waals surface area contributed by atoms with Crippen molar-refractivity contribution in [2.24, 2.45) is 11.3 Å². The predicted octanol–water partition coefficient (Wildman–Crippen LogP) is 1.14. The molecule has 2 atom stereocenters. The molecule has 0 bridgehead atoms. The van der Waals surface area contributed by atoms with Crippen LogP contribution in [-0.2, 0) is 9.59 Å². The Labute approximate surface area is 127 Å². The predicted molar refractivity (Wildman–Crippen MR) is 82.8 cm³/mol. The largest absolute Gasteiger partial charge is 0.352 e. The minimum absolute atomic E-state index is 0.0491. The molecule has 0 spiro atoms. The third-order valence-electron chi connectivity index (χ3n) is 4.36. The zero-order valence-electron chi connectivity index (χ0n) is 13.6. The van der Waals surface area contributed by atoms with Crippen LogP contribution in [0.3, 0.4) is 0 Å². The summed E-state index contributed by atoms with van der Waals surface area (Å²) in [5.74, 6) is 0.224. The van der Waals surface area contributed by atoms with Crippen molar-refractivity contribution in [3.63, 3.8) is 0 Å². The van der Waals surface area contributed by atoms with Crippen LogP contribution >= 0.6 is 0 Å². The van der Waals surface area contributed by atoms with Crippen LogP contribution in [0.2, 0.25) is 0 Å². The summed E-state index contributed by atoms with van der Waals surface area (Å²) >= 11 is 0. The molecule has 2 fully saturated rings. The van der Waals surface area contributed by atoms with E-state index in [2.05, 4.69) is 10.6 Å².